The molecule has 8 aromatic carbocycles. The lowest BCUT2D eigenvalue weighted by Gasteiger charge is -2.43. The van der Waals surface area contributed by atoms with E-state index in [2.05, 4.69) is 194 Å². The topological polar surface area (TPSA) is 40.6 Å². The molecule has 2 aliphatic rings. The molecule has 0 fully saturated rings. The number of anilines is 6. The minimum atomic E-state index is -2.47. The van der Waals surface area contributed by atoms with Crippen LogP contribution in [0.3, 0.4) is 0 Å². The van der Waals surface area contributed by atoms with E-state index in [1.165, 1.54) is 27.8 Å². The SMILES string of the molecule is [2H]C([2H])([2H])c1ccc(-c2ccc(Oc3cccc(N4CN(c5c(-c6ccccc6)cccc5-c5cc(C(C)(C)C)cc(C(C)(C)C)c5)c5ccccc54)c3)cc2)c(Nc2cc(C([2H])([2H])[2H])c(-c3cccc4c3C(C)(C)CCC4(C)C)cn2)c1. The van der Waals surface area contributed by atoms with Crippen molar-refractivity contribution in [3.8, 4) is 56.0 Å². The van der Waals surface area contributed by atoms with Gasteiger partial charge in [-0.3, -0.25) is 0 Å². The smallest absolute Gasteiger partial charge is 0.130 e. The zero-order valence-corrected chi connectivity index (χ0v) is 46.3. The van der Waals surface area contributed by atoms with Gasteiger partial charge in [0.15, 0.2) is 0 Å². The zero-order chi connectivity index (χ0) is 59.0. The molecule has 1 aromatic heterocycles. The van der Waals surface area contributed by atoms with Crippen LogP contribution >= 0.6 is 0 Å². The van der Waals surface area contributed by atoms with Gasteiger partial charge in [-0.15, -0.1) is 0 Å². The minimum Gasteiger partial charge on any atom is -0.457 e. The molecule has 11 rings (SSSR count). The summed E-state index contributed by atoms with van der Waals surface area (Å²) in [4.78, 5) is 9.65. The molecule has 388 valence electrons. The Morgan fingerprint density at radius 2 is 1.16 bits per heavy atom. The Morgan fingerprint density at radius 3 is 1.86 bits per heavy atom. The highest BCUT2D eigenvalue weighted by molar-refractivity contribution is 5.99. The zero-order valence-electron chi connectivity index (χ0n) is 52.3. The van der Waals surface area contributed by atoms with Crippen molar-refractivity contribution in [1.29, 1.82) is 0 Å². The van der Waals surface area contributed by atoms with Crippen molar-refractivity contribution in [2.75, 3.05) is 21.8 Å². The number of hydrogen-bond acceptors (Lipinski definition) is 5. The fraction of sp³-hybridized carbons (Fsp3) is 0.264. The van der Waals surface area contributed by atoms with Gasteiger partial charge in [0, 0.05) is 54.1 Å². The predicted octanol–water partition coefficient (Wildman–Crippen LogP) is 20.1. The van der Waals surface area contributed by atoms with Gasteiger partial charge >= 0.3 is 0 Å². The van der Waals surface area contributed by atoms with Gasteiger partial charge in [-0.1, -0.05) is 197 Å². The lowest BCUT2D eigenvalue weighted by molar-refractivity contribution is 0.333. The standard InChI is InChI=1S/C72H74N4O/c1-47-31-36-57(63(39-47)74-66-40-48(2)61(45-73-66)60-27-20-28-62-67(60)72(11,12)38-37-71(62,9)10)50-32-34-55(35-33-50)77-56-24-18-23-54(44-56)75-46-76(65-30-17-16-29-64(65)75)68-58(49-21-14-13-15-22-49)25-19-26-59(68)51-41-52(69(3,4)5)43-53(42-51)70(6,7)8/h13-36,39-45H,37-38,46H2,1-12H3,(H,73,74)/i1D3,2D3. The summed E-state index contributed by atoms with van der Waals surface area (Å²) in [6.45, 7) is 18.4. The third kappa shape index (κ3) is 10.0. The highest BCUT2D eigenvalue weighted by atomic mass is 16.5. The van der Waals surface area contributed by atoms with E-state index in [1.54, 1.807) is 30.5 Å². The van der Waals surface area contributed by atoms with E-state index in [-0.39, 0.29) is 32.8 Å². The van der Waals surface area contributed by atoms with Crippen LogP contribution in [0.25, 0.3) is 44.5 Å². The molecule has 0 bridgehead atoms. The van der Waals surface area contributed by atoms with Gasteiger partial charge in [0.2, 0.25) is 0 Å². The monoisotopic (exact) mass is 1020 g/mol. The molecule has 0 spiro atoms. The maximum absolute atomic E-state index is 8.77. The van der Waals surface area contributed by atoms with Crippen molar-refractivity contribution in [3.63, 3.8) is 0 Å². The van der Waals surface area contributed by atoms with E-state index in [9.17, 15) is 0 Å². The Hall–Kier alpha value is -7.89. The molecule has 0 amide bonds. The molecule has 5 heteroatoms. The van der Waals surface area contributed by atoms with Crippen molar-refractivity contribution in [3.05, 3.63) is 222 Å². The van der Waals surface area contributed by atoms with Gasteiger partial charge in [0.1, 0.15) is 24.0 Å². The number of benzene rings is 8. The van der Waals surface area contributed by atoms with Gasteiger partial charge in [-0.25, -0.2) is 4.98 Å². The van der Waals surface area contributed by atoms with Crippen LogP contribution in [0.15, 0.2) is 188 Å². The number of aromatic nitrogens is 1. The molecule has 0 saturated heterocycles. The van der Waals surface area contributed by atoms with E-state index >= 15 is 0 Å². The maximum Gasteiger partial charge on any atom is 0.130 e. The van der Waals surface area contributed by atoms with E-state index in [4.69, 9.17) is 17.9 Å². The van der Waals surface area contributed by atoms with Crippen molar-refractivity contribution in [1.82, 2.24) is 4.98 Å². The second kappa shape index (κ2) is 19.6. The summed E-state index contributed by atoms with van der Waals surface area (Å²) in [5.74, 6) is 1.57. The van der Waals surface area contributed by atoms with E-state index in [1.807, 2.05) is 48.5 Å². The molecule has 0 saturated carbocycles. The first-order valence-electron chi connectivity index (χ1n) is 30.1. The Kier molecular flexibility index (Phi) is 11.3. The summed E-state index contributed by atoms with van der Waals surface area (Å²) in [7, 11) is 0. The van der Waals surface area contributed by atoms with Crippen molar-refractivity contribution in [2.45, 2.75) is 117 Å². The van der Waals surface area contributed by atoms with E-state index < -0.39 is 13.7 Å². The van der Waals surface area contributed by atoms with Gasteiger partial charge < -0.3 is 19.9 Å². The van der Waals surface area contributed by atoms with Crippen LogP contribution in [0.1, 0.15) is 124 Å². The van der Waals surface area contributed by atoms with Crippen LogP contribution in [0.4, 0.5) is 34.3 Å². The van der Waals surface area contributed by atoms with Crippen molar-refractivity contribution < 1.29 is 13.0 Å². The number of ether oxygens (including phenoxy) is 1. The van der Waals surface area contributed by atoms with Gasteiger partial charge in [0.25, 0.3) is 0 Å². The van der Waals surface area contributed by atoms with Crippen LogP contribution in [0.5, 0.6) is 11.5 Å². The van der Waals surface area contributed by atoms with Gasteiger partial charge in [-0.2, -0.15) is 0 Å². The molecule has 77 heavy (non-hydrogen) atoms. The second-order valence-electron chi connectivity index (χ2n) is 24.5. The van der Waals surface area contributed by atoms with E-state index in [0.29, 0.717) is 40.8 Å². The lowest BCUT2D eigenvalue weighted by Crippen LogP contribution is -2.34. The first-order chi connectivity index (χ1) is 39.1. The molecule has 0 atom stereocenters. The number of hydrogen-bond donors (Lipinski definition) is 1. The minimum absolute atomic E-state index is 0.0577. The summed E-state index contributed by atoms with van der Waals surface area (Å²) < 4.78 is 57.9. The van der Waals surface area contributed by atoms with Gasteiger partial charge in [0.05, 0.1) is 17.1 Å². The Bertz CT molecular complexity index is 3870. The van der Waals surface area contributed by atoms with Crippen molar-refractivity contribution in [2.24, 2.45) is 0 Å². The fourth-order valence-electron chi connectivity index (χ4n) is 11.5. The summed E-state index contributed by atoms with van der Waals surface area (Å²) in [6, 6.07) is 61.8. The highest BCUT2D eigenvalue weighted by Crippen LogP contribution is 2.52. The first kappa shape index (κ1) is 44.3. The molecule has 5 nitrogen and oxygen atoms in total. The summed E-state index contributed by atoms with van der Waals surface area (Å²) in [6.07, 6.45) is 3.65. The molecule has 1 aliphatic carbocycles. The first-order valence-corrected chi connectivity index (χ1v) is 27.1. The van der Waals surface area contributed by atoms with Crippen LogP contribution in [0, 0.1) is 13.7 Å². The maximum atomic E-state index is 8.77. The second-order valence-corrected chi connectivity index (χ2v) is 24.5. The number of para-hydroxylation sites is 3. The lowest BCUT2D eigenvalue weighted by atomic mass is 9.61. The van der Waals surface area contributed by atoms with Crippen LogP contribution in [-0.2, 0) is 21.7 Å². The molecule has 2 heterocycles. The average molecular weight is 1020 g/mol. The molecule has 0 unspecified atom stereocenters. The number of rotatable bonds is 10. The number of aryl methyl sites for hydroxylation is 2. The van der Waals surface area contributed by atoms with Crippen LogP contribution in [-0.4, -0.2) is 11.7 Å². The Morgan fingerprint density at radius 1 is 0.519 bits per heavy atom. The molecule has 1 N–H and O–H groups in total. The molecule has 0 radical (unpaired) electrons. The number of fused-ring (bicyclic) bond motifs is 2. The predicted molar refractivity (Wildman–Crippen MR) is 326 cm³/mol. The Balaban J connectivity index is 0.904. The third-order valence-corrected chi connectivity index (χ3v) is 16.0. The highest BCUT2D eigenvalue weighted by Gasteiger charge is 2.39. The van der Waals surface area contributed by atoms with Crippen LogP contribution in [0.2, 0.25) is 0 Å². The van der Waals surface area contributed by atoms with E-state index in [0.717, 1.165) is 63.4 Å². The van der Waals surface area contributed by atoms with Crippen LogP contribution < -0.4 is 19.9 Å². The molecule has 1 aliphatic heterocycles. The largest absolute Gasteiger partial charge is 0.457 e. The Labute approximate surface area is 467 Å². The fourth-order valence-corrected chi connectivity index (χ4v) is 11.5. The molecular weight excluding hydrogens is 937 g/mol. The van der Waals surface area contributed by atoms with Crippen molar-refractivity contribution >= 4 is 34.3 Å². The molecule has 9 aromatic rings. The number of nitrogens with one attached hydrogen (secondary N) is 1. The van der Waals surface area contributed by atoms with Gasteiger partial charge in [-0.05, 0) is 152 Å². The normalized spacial score (nSPS) is 16.2. The summed E-state index contributed by atoms with van der Waals surface area (Å²) in [5, 5.41) is 3.36. The average Bonchev–Trinajstić information content (AvgIpc) is 3.23. The third-order valence-electron chi connectivity index (χ3n) is 16.0. The molecular formula is C72H74N4O. The number of nitrogens with zero attached hydrogens (tertiary/aromatic N) is 3. The quantitative estimate of drug-likeness (QED) is 0.148. The summed E-state index contributed by atoms with van der Waals surface area (Å²) >= 11 is 0. The summed E-state index contributed by atoms with van der Waals surface area (Å²) in [5.41, 5.74) is 17.3. The number of pyridine rings is 1.